The van der Waals surface area contributed by atoms with Crippen molar-refractivity contribution in [1.29, 1.82) is 0 Å². The summed E-state index contributed by atoms with van der Waals surface area (Å²) >= 11 is 0. The van der Waals surface area contributed by atoms with Crippen LogP contribution in [0.25, 0.3) is 11.0 Å². The van der Waals surface area contributed by atoms with Crippen molar-refractivity contribution >= 4 is 51.6 Å². The molecular weight excluding hydrogens is 411 g/mol. The van der Waals surface area contributed by atoms with Crippen molar-refractivity contribution in [3.8, 4) is 0 Å². The van der Waals surface area contributed by atoms with Gasteiger partial charge in [-0.25, -0.2) is 13.4 Å². The topological polar surface area (TPSA) is 107 Å². The molecule has 0 fully saturated rings. The molecule has 7 nitrogen and oxygen atoms in total. The van der Waals surface area contributed by atoms with Gasteiger partial charge in [-0.05, 0) is 25.0 Å². The molecule has 0 saturated carbocycles. The van der Waals surface area contributed by atoms with Crippen molar-refractivity contribution in [1.82, 2.24) is 14.9 Å². The quantitative estimate of drug-likeness (QED) is 0.686. The standard InChI is InChI=1S/C17H26N4O3S.2ClH/c1-12(2)17(3,11-18)20-16(22)9-21-14-8-6-5-7-13(14)19-15(21)10-25(4,23)24;;/h5-8,12H,9-11,18H2,1-4H3,(H,20,22);2*1H. The Morgan fingerprint density at radius 1 is 1.30 bits per heavy atom. The van der Waals surface area contributed by atoms with E-state index in [4.69, 9.17) is 5.73 Å². The van der Waals surface area contributed by atoms with Crippen LogP contribution in [0.3, 0.4) is 0 Å². The van der Waals surface area contributed by atoms with Crippen LogP contribution in [-0.4, -0.2) is 42.2 Å². The Hall–Kier alpha value is -1.35. The molecule has 10 heteroatoms. The minimum atomic E-state index is -3.27. The fourth-order valence-corrected chi connectivity index (χ4v) is 3.27. The Bertz CT molecular complexity index is 883. The third kappa shape index (κ3) is 6.34. The van der Waals surface area contributed by atoms with Crippen molar-refractivity contribution in [2.24, 2.45) is 11.7 Å². The predicted octanol–water partition coefficient (Wildman–Crippen LogP) is 1.91. The smallest absolute Gasteiger partial charge is 0.240 e. The maximum atomic E-state index is 12.6. The van der Waals surface area contributed by atoms with Crippen molar-refractivity contribution in [2.75, 3.05) is 12.8 Å². The number of carbonyl (C=O) groups is 1. The maximum absolute atomic E-state index is 12.6. The molecule has 0 radical (unpaired) electrons. The molecule has 0 spiro atoms. The fraction of sp³-hybridized carbons (Fsp3) is 0.529. The lowest BCUT2D eigenvalue weighted by atomic mass is 9.88. The monoisotopic (exact) mass is 438 g/mol. The number of rotatable bonds is 7. The maximum Gasteiger partial charge on any atom is 0.240 e. The fourth-order valence-electron chi connectivity index (χ4n) is 2.58. The number of carbonyl (C=O) groups excluding carboxylic acids is 1. The molecule has 0 bridgehead atoms. The summed E-state index contributed by atoms with van der Waals surface area (Å²) in [5.74, 6) is 0.0849. The first-order valence-corrected chi connectivity index (χ1v) is 10.2. The molecule has 0 aliphatic carbocycles. The van der Waals surface area contributed by atoms with Crippen LogP contribution in [0.2, 0.25) is 0 Å². The van der Waals surface area contributed by atoms with Gasteiger partial charge >= 0.3 is 0 Å². The summed E-state index contributed by atoms with van der Waals surface area (Å²) in [4.78, 5) is 17.0. The molecule has 1 aromatic heterocycles. The third-order valence-electron chi connectivity index (χ3n) is 4.55. The zero-order valence-corrected chi connectivity index (χ0v) is 18.4. The first kappa shape index (κ1) is 25.7. The van der Waals surface area contributed by atoms with E-state index in [1.165, 1.54) is 0 Å². The largest absolute Gasteiger partial charge is 0.348 e. The van der Waals surface area contributed by atoms with E-state index in [0.29, 0.717) is 17.9 Å². The normalized spacial score (nSPS) is 13.6. The summed E-state index contributed by atoms with van der Waals surface area (Å²) in [6, 6.07) is 7.29. The van der Waals surface area contributed by atoms with E-state index in [1.54, 1.807) is 10.6 Å². The number of hydrogen-bond donors (Lipinski definition) is 2. The van der Waals surface area contributed by atoms with E-state index in [0.717, 1.165) is 11.8 Å². The highest BCUT2D eigenvalue weighted by molar-refractivity contribution is 7.89. The van der Waals surface area contributed by atoms with Crippen LogP contribution in [0.1, 0.15) is 26.6 Å². The number of benzene rings is 1. The molecule has 1 atom stereocenters. The number of imidazole rings is 1. The number of para-hydroxylation sites is 2. The number of nitrogens with zero attached hydrogens (tertiary/aromatic N) is 2. The number of aromatic nitrogens is 2. The molecule has 1 aromatic carbocycles. The van der Waals surface area contributed by atoms with E-state index >= 15 is 0 Å². The number of amides is 1. The van der Waals surface area contributed by atoms with Gasteiger partial charge in [0.2, 0.25) is 5.91 Å². The second-order valence-electron chi connectivity index (χ2n) is 7.00. The summed E-state index contributed by atoms with van der Waals surface area (Å²) in [5.41, 5.74) is 6.69. The van der Waals surface area contributed by atoms with Crippen LogP contribution >= 0.6 is 24.8 Å². The molecule has 1 unspecified atom stereocenters. The highest BCUT2D eigenvalue weighted by atomic mass is 35.5. The predicted molar refractivity (Wildman–Crippen MR) is 113 cm³/mol. The molecular formula is C17H28Cl2N4O3S. The SMILES string of the molecule is CC(C)C(C)(CN)NC(=O)Cn1c(CS(C)(=O)=O)nc2ccccc21.Cl.Cl. The molecule has 0 aliphatic rings. The van der Waals surface area contributed by atoms with Gasteiger partial charge in [-0.15, -0.1) is 24.8 Å². The summed E-state index contributed by atoms with van der Waals surface area (Å²) in [5, 5.41) is 2.97. The summed E-state index contributed by atoms with van der Waals surface area (Å²) in [7, 11) is -3.27. The number of nitrogens with two attached hydrogens (primary N) is 1. The molecule has 1 heterocycles. The first-order valence-electron chi connectivity index (χ1n) is 8.18. The van der Waals surface area contributed by atoms with Crippen LogP contribution in [0, 0.1) is 5.92 Å². The van der Waals surface area contributed by atoms with Gasteiger partial charge in [0.05, 0.1) is 16.6 Å². The lowest BCUT2D eigenvalue weighted by Crippen LogP contribution is -2.55. The van der Waals surface area contributed by atoms with Crippen LogP contribution in [0.15, 0.2) is 24.3 Å². The summed E-state index contributed by atoms with van der Waals surface area (Å²) < 4.78 is 25.1. The van der Waals surface area contributed by atoms with Crippen molar-refractivity contribution in [2.45, 2.75) is 38.6 Å². The molecule has 2 aromatic rings. The van der Waals surface area contributed by atoms with Crippen LogP contribution in [0.5, 0.6) is 0 Å². The lowest BCUT2D eigenvalue weighted by Gasteiger charge is -2.33. The van der Waals surface area contributed by atoms with Gasteiger partial charge in [0.15, 0.2) is 9.84 Å². The van der Waals surface area contributed by atoms with E-state index < -0.39 is 15.4 Å². The highest BCUT2D eigenvalue weighted by Gasteiger charge is 2.29. The van der Waals surface area contributed by atoms with Gasteiger partial charge in [-0.3, -0.25) is 4.79 Å². The van der Waals surface area contributed by atoms with Crippen LogP contribution in [-0.2, 0) is 26.9 Å². The van der Waals surface area contributed by atoms with Crippen molar-refractivity contribution in [3.05, 3.63) is 30.1 Å². The van der Waals surface area contributed by atoms with Gasteiger partial charge in [0.1, 0.15) is 18.1 Å². The Labute approximate surface area is 172 Å². The first-order chi connectivity index (χ1) is 11.6. The molecule has 0 saturated heterocycles. The zero-order chi connectivity index (χ0) is 18.8. The Morgan fingerprint density at radius 3 is 2.41 bits per heavy atom. The lowest BCUT2D eigenvalue weighted by molar-refractivity contribution is -0.123. The van der Waals surface area contributed by atoms with Gasteiger partial charge in [-0.2, -0.15) is 0 Å². The minimum Gasteiger partial charge on any atom is -0.348 e. The average molecular weight is 439 g/mol. The summed E-state index contributed by atoms with van der Waals surface area (Å²) in [6.07, 6.45) is 1.15. The number of halogens is 2. The second kappa shape index (κ2) is 9.73. The number of nitrogens with one attached hydrogen (secondary N) is 1. The molecule has 2 rings (SSSR count). The van der Waals surface area contributed by atoms with E-state index in [2.05, 4.69) is 10.3 Å². The van der Waals surface area contributed by atoms with Gasteiger partial charge in [0, 0.05) is 12.8 Å². The van der Waals surface area contributed by atoms with Gasteiger partial charge < -0.3 is 15.6 Å². The highest BCUT2D eigenvalue weighted by Crippen LogP contribution is 2.19. The molecule has 0 aliphatic heterocycles. The average Bonchev–Trinajstić information content (AvgIpc) is 2.82. The number of fused-ring (bicyclic) bond motifs is 1. The Morgan fingerprint density at radius 2 is 1.89 bits per heavy atom. The zero-order valence-electron chi connectivity index (χ0n) is 15.9. The van der Waals surface area contributed by atoms with Crippen LogP contribution in [0.4, 0.5) is 0 Å². The molecule has 154 valence electrons. The van der Waals surface area contributed by atoms with Gasteiger partial charge in [-0.1, -0.05) is 26.0 Å². The Kier molecular flexibility index (Phi) is 9.24. The molecule has 1 amide bonds. The third-order valence-corrected chi connectivity index (χ3v) is 5.33. The number of sulfone groups is 1. The molecule has 27 heavy (non-hydrogen) atoms. The van der Waals surface area contributed by atoms with Crippen LogP contribution < -0.4 is 11.1 Å². The Balaban J connectivity index is 0.00000338. The minimum absolute atomic E-state index is 0. The van der Waals surface area contributed by atoms with E-state index in [1.807, 2.05) is 39.0 Å². The number of hydrogen-bond acceptors (Lipinski definition) is 5. The summed E-state index contributed by atoms with van der Waals surface area (Å²) in [6.45, 7) is 6.20. The van der Waals surface area contributed by atoms with E-state index in [-0.39, 0.29) is 48.9 Å². The van der Waals surface area contributed by atoms with Crippen molar-refractivity contribution in [3.63, 3.8) is 0 Å². The van der Waals surface area contributed by atoms with E-state index in [9.17, 15) is 13.2 Å². The van der Waals surface area contributed by atoms with Gasteiger partial charge in [0.25, 0.3) is 0 Å². The second-order valence-corrected chi connectivity index (χ2v) is 9.14. The molecule has 3 N–H and O–H groups in total. The van der Waals surface area contributed by atoms with Crippen molar-refractivity contribution < 1.29 is 13.2 Å².